The van der Waals surface area contributed by atoms with E-state index >= 15 is 0 Å². The molecule has 0 aromatic carbocycles. The maximum atomic E-state index is 12.7. The predicted molar refractivity (Wildman–Crippen MR) is 81.1 cm³/mol. The Morgan fingerprint density at radius 1 is 1.27 bits per heavy atom. The first-order chi connectivity index (χ1) is 10.6. The Morgan fingerprint density at radius 2 is 2.14 bits per heavy atom. The molecule has 0 N–H and O–H groups in total. The van der Waals surface area contributed by atoms with Crippen LogP contribution in [0.5, 0.6) is 0 Å². The molecule has 118 valence electrons. The highest BCUT2D eigenvalue weighted by Gasteiger charge is 2.45. The first-order valence-corrected chi connectivity index (χ1v) is 8.19. The van der Waals surface area contributed by atoms with E-state index in [-0.39, 0.29) is 24.3 Å². The van der Waals surface area contributed by atoms with E-state index in [9.17, 15) is 9.59 Å². The lowest BCUT2D eigenvalue weighted by Crippen LogP contribution is -2.54. The van der Waals surface area contributed by atoms with E-state index in [0.29, 0.717) is 19.0 Å². The third-order valence-electron chi connectivity index (χ3n) is 5.59. The molecule has 2 saturated carbocycles. The molecular formula is C16H22N4O2. The van der Waals surface area contributed by atoms with Crippen molar-refractivity contribution < 1.29 is 9.59 Å². The van der Waals surface area contributed by atoms with Gasteiger partial charge < -0.3 is 9.80 Å². The first kappa shape index (κ1) is 13.8. The monoisotopic (exact) mass is 302 g/mol. The van der Waals surface area contributed by atoms with Crippen LogP contribution in [-0.2, 0) is 16.6 Å². The minimum atomic E-state index is -0.00393. The number of piperazine rings is 1. The Bertz CT molecular complexity index is 611. The fraction of sp³-hybridized carbons (Fsp3) is 0.688. The van der Waals surface area contributed by atoms with Gasteiger partial charge in [-0.05, 0) is 31.1 Å². The van der Waals surface area contributed by atoms with Crippen LogP contribution in [0.1, 0.15) is 25.7 Å². The molecule has 1 saturated heterocycles. The molecule has 22 heavy (non-hydrogen) atoms. The zero-order valence-corrected chi connectivity index (χ0v) is 12.9. The van der Waals surface area contributed by atoms with Crippen LogP contribution in [-0.4, -0.2) is 46.1 Å². The van der Waals surface area contributed by atoms with Crippen LogP contribution < -0.4 is 4.90 Å². The van der Waals surface area contributed by atoms with E-state index in [4.69, 9.17) is 0 Å². The number of anilines is 1. The minimum absolute atomic E-state index is 0.00393. The summed E-state index contributed by atoms with van der Waals surface area (Å²) in [5.41, 5.74) is 0.819. The number of aryl methyl sites for hydroxylation is 1. The molecule has 0 radical (unpaired) electrons. The number of fused-ring (bicyclic) bond motifs is 2. The number of carbonyl (C=O) groups is 2. The number of rotatable bonds is 2. The predicted octanol–water partition coefficient (Wildman–Crippen LogP) is 1.03. The smallest absolute Gasteiger partial charge is 0.246 e. The molecule has 6 heteroatoms. The summed E-state index contributed by atoms with van der Waals surface area (Å²) in [4.78, 5) is 28.6. The number of aromatic nitrogens is 2. The largest absolute Gasteiger partial charge is 0.331 e. The van der Waals surface area contributed by atoms with Gasteiger partial charge in [0.25, 0.3) is 0 Å². The second-order valence-corrected chi connectivity index (χ2v) is 6.96. The van der Waals surface area contributed by atoms with Gasteiger partial charge in [-0.2, -0.15) is 5.10 Å². The lowest BCUT2D eigenvalue weighted by atomic mass is 9.87. The summed E-state index contributed by atoms with van der Waals surface area (Å²) in [6.07, 6.45) is 8.30. The fourth-order valence-corrected chi connectivity index (χ4v) is 4.46. The van der Waals surface area contributed by atoms with Gasteiger partial charge in [0.15, 0.2) is 0 Å². The highest BCUT2D eigenvalue weighted by molar-refractivity contribution is 5.98. The van der Waals surface area contributed by atoms with Crippen LogP contribution in [0.2, 0.25) is 0 Å². The average molecular weight is 302 g/mol. The van der Waals surface area contributed by atoms with Gasteiger partial charge in [-0.15, -0.1) is 0 Å². The van der Waals surface area contributed by atoms with Crippen LogP contribution in [0.3, 0.4) is 0 Å². The van der Waals surface area contributed by atoms with Gasteiger partial charge >= 0.3 is 0 Å². The first-order valence-electron chi connectivity index (χ1n) is 8.19. The summed E-state index contributed by atoms with van der Waals surface area (Å²) in [5.74, 6) is 1.72. The summed E-state index contributed by atoms with van der Waals surface area (Å²) in [6, 6.07) is 0. The Morgan fingerprint density at radius 3 is 2.73 bits per heavy atom. The molecule has 2 bridgehead atoms. The summed E-state index contributed by atoms with van der Waals surface area (Å²) >= 11 is 0. The molecule has 1 aromatic rings. The second-order valence-electron chi connectivity index (χ2n) is 6.96. The third-order valence-corrected chi connectivity index (χ3v) is 5.59. The maximum Gasteiger partial charge on any atom is 0.246 e. The Hall–Kier alpha value is -1.85. The van der Waals surface area contributed by atoms with Crippen LogP contribution in [0.25, 0.3) is 0 Å². The molecule has 3 atom stereocenters. The van der Waals surface area contributed by atoms with E-state index in [2.05, 4.69) is 5.10 Å². The Labute approximate surface area is 130 Å². The van der Waals surface area contributed by atoms with Gasteiger partial charge in [0.05, 0.1) is 11.9 Å². The summed E-state index contributed by atoms with van der Waals surface area (Å²) in [6.45, 7) is 1.41. The van der Waals surface area contributed by atoms with E-state index in [1.54, 1.807) is 20.7 Å². The molecule has 2 aliphatic carbocycles. The molecule has 6 nitrogen and oxygen atoms in total. The Kier molecular flexibility index (Phi) is 3.20. The standard InChI is InChI=1S/C16H22N4O2/c1-18-9-13(8-17-18)20-5-4-19(10-15(20)21)16(22)14-7-11-2-3-12(14)6-11/h8-9,11-12,14H,2-7,10H2,1H3/t11-,12-,14-/m0/s1. The quantitative estimate of drug-likeness (QED) is 0.820. The molecule has 0 spiro atoms. The van der Waals surface area contributed by atoms with Gasteiger partial charge in [0, 0.05) is 32.3 Å². The molecule has 3 aliphatic rings. The summed E-state index contributed by atoms with van der Waals surface area (Å²) < 4.78 is 1.69. The molecule has 3 fully saturated rings. The third kappa shape index (κ3) is 2.21. The fourth-order valence-electron chi connectivity index (χ4n) is 4.46. The zero-order valence-electron chi connectivity index (χ0n) is 12.9. The zero-order chi connectivity index (χ0) is 15.3. The van der Waals surface area contributed by atoms with Gasteiger partial charge in [-0.3, -0.25) is 14.3 Å². The maximum absolute atomic E-state index is 12.7. The molecule has 2 heterocycles. The topological polar surface area (TPSA) is 58.4 Å². The van der Waals surface area contributed by atoms with E-state index < -0.39 is 0 Å². The lowest BCUT2D eigenvalue weighted by molar-refractivity contribution is -0.141. The highest BCUT2D eigenvalue weighted by Crippen LogP contribution is 2.48. The van der Waals surface area contributed by atoms with Crippen molar-refractivity contribution in [3.05, 3.63) is 12.4 Å². The van der Waals surface area contributed by atoms with E-state index in [1.165, 1.54) is 19.3 Å². The van der Waals surface area contributed by atoms with Gasteiger partial charge in [0.1, 0.15) is 6.54 Å². The average Bonchev–Trinajstić information content (AvgIpc) is 3.22. The number of carbonyl (C=O) groups excluding carboxylic acids is 2. The van der Waals surface area contributed by atoms with Crippen LogP contribution in [0.15, 0.2) is 12.4 Å². The van der Waals surface area contributed by atoms with Gasteiger partial charge in [0.2, 0.25) is 11.8 Å². The SMILES string of the molecule is Cn1cc(N2CCN(C(=O)[C@H]3C[C@H]4CC[C@H]3C4)CC2=O)cn1. The normalized spacial score (nSPS) is 31.1. The van der Waals surface area contributed by atoms with Crippen LogP contribution in [0, 0.1) is 17.8 Å². The Balaban J connectivity index is 1.42. The summed E-state index contributed by atoms with van der Waals surface area (Å²) in [5, 5.41) is 4.11. The summed E-state index contributed by atoms with van der Waals surface area (Å²) in [7, 11) is 1.84. The van der Waals surface area contributed by atoms with Crippen molar-refractivity contribution in [1.29, 1.82) is 0 Å². The molecular weight excluding hydrogens is 280 g/mol. The molecule has 2 amide bonds. The van der Waals surface area contributed by atoms with Crippen molar-refractivity contribution in [2.45, 2.75) is 25.7 Å². The van der Waals surface area contributed by atoms with E-state index in [0.717, 1.165) is 18.0 Å². The van der Waals surface area contributed by atoms with Crippen molar-refractivity contribution in [2.75, 3.05) is 24.5 Å². The van der Waals surface area contributed by atoms with Crippen molar-refractivity contribution in [2.24, 2.45) is 24.8 Å². The number of hydrogen-bond acceptors (Lipinski definition) is 3. The minimum Gasteiger partial charge on any atom is -0.331 e. The lowest BCUT2D eigenvalue weighted by Gasteiger charge is -2.36. The highest BCUT2D eigenvalue weighted by atomic mass is 16.2. The molecule has 1 aromatic heterocycles. The number of amides is 2. The molecule has 4 rings (SSSR count). The molecule has 0 unspecified atom stereocenters. The van der Waals surface area contributed by atoms with Gasteiger partial charge in [-0.1, -0.05) is 6.42 Å². The van der Waals surface area contributed by atoms with Crippen molar-refractivity contribution in [1.82, 2.24) is 14.7 Å². The number of hydrogen-bond donors (Lipinski definition) is 0. The van der Waals surface area contributed by atoms with Crippen LogP contribution >= 0.6 is 0 Å². The van der Waals surface area contributed by atoms with Gasteiger partial charge in [-0.25, -0.2) is 0 Å². The van der Waals surface area contributed by atoms with Crippen LogP contribution in [0.4, 0.5) is 5.69 Å². The second kappa shape index (κ2) is 5.11. The molecule has 1 aliphatic heterocycles. The van der Waals surface area contributed by atoms with Crippen molar-refractivity contribution in [3.8, 4) is 0 Å². The number of nitrogens with zero attached hydrogens (tertiary/aromatic N) is 4. The van der Waals surface area contributed by atoms with Crippen molar-refractivity contribution in [3.63, 3.8) is 0 Å². The van der Waals surface area contributed by atoms with E-state index in [1.807, 2.05) is 13.2 Å². The van der Waals surface area contributed by atoms with Crippen molar-refractivity contribution >= 4 is 17.5 Å².